The predicted octanol–water partition coefficient (Wildman–Crippen LogP) is 6.74. The fourth-order valence-corrected chi connectivity index (χ4v) is 4.95. The summed E-state index contributed by atoms with van der Waals surface area (Å²) in [6.45, 7) is -0.202. The number of fused-ring (bicyclic) bond motifs is 1. The Morgan fingerprint density at radius 2 is 1.65 bits per heavy atom. The number of carbonyl (C=O) groups excluding carboxylic acids is 1. The highest BCUT2D eigenvalue weighted by Crippen LogP contribution is 2.32. The highest BCUT2D eigenvalue weighted by molar-refractivity contribution is 7.17. The molecule has 5 aromatic rings. The molecule has 2 aromatic heterocycles. The number of hydrogen-bond donors (Lipinski definition) is 1. The average molecular weight is 506 g/mol. The number of nitrogens with one attached hydrogen (secondary N) is 1. The summed E-state index contributed by atoms with van der Waals surface area (Å²) < 4.78 is 1.30. The molecule has 5 rings (SSSR count). The number of nitrogens with zero attached hydrogens (tertiary/aromatic N) is 2. The smallest absolute Gasteiger partial charge is 0.263 e. The molecule has 1 N–H and O–H groups in total. The Balaban J connectivity index is 1.44. The van der Waals surface area contributed by atoms with Gasteiger partial charge in [0.2, 0.25) is 5.91 Å². The number of thiophene rings is 1. The minimum absolute atomic E-state index is 0.202. The van der Waals surface area contributed by atoms with Crippen molar-refractivity contribution in [1.29, 1.82) is 0 Å². The molecule has 0 spiro atoms. The molecule has 0 saturated carbocycles. The van der Waals surface area contributed by atoms with Crippen molar-refractivity contribution >= 4 is 56.3 Å². The van der Waals surface area contributed by atoms with E-state index in [1.165, 1.54) is 22.2 Å². The number of carbonyl (C=O) groups is 1. The van der Waals surface area contributed by atoms with E-state index in [4.69, 9.17) is 23.2 Å². The van der Waals surface area contributed by atoms with Crippen LogP contribution in [0, 0.1) is 0 Å². The van der Waals surface area contributed by atoms with Gasteiger partial charge in [-0.15, -0.1) is 11.3 Å². The molecule has 8 heteroatoms. The molecule has 0 aliphatic rings. The van der Waals surface area contributed by atoms with Gasteiger partial charge in [-0.25, -0.2) is 4.98 Å². The first-order chi connectivity index (χ1) is 16.5. The van der Waals surface area contributed by atoms with Gasteiger partial charge in [0.1, 0.15) is 11.4 Å². The lowest BCUT2D eigenvalue weighted by atomic mass is 10.0. The van der Waals surface area contributed by atoms with Crippen LogP contribution in [0.3, 0.4) is 0 Å². The molecule has 5 nitrogen and oxygen atoms in total. The van der Waals surface area contributed by atoms with Crippen LogP contribution in [-0.4, -0.2) is 15.5 Å². The minimum atomic E-state index is -0.406. The van der Waals surface area contributed by atoms with Crippen LogP contribution in [0.1, 0.15) is 0 Å². The van der Waals surface area contributed by atoms with Crippen LogP contribution in [0.4, 0.5) is 5.69 Å². The number of anilines is 1. The fourth-order valence-electron chi connectivity index (χ4n) is 3.70. The maximum atomic E-state index is 13.3. The summed E-state index contributed by atoms with van der Waals surface area (Å²) in [4.78, 5) is 30.9. The van der Waals surface area contributed by atoms with Gasteiger partial charge in [0.05, 0.1) is 22.4 Å². The van der Waals surface area contributed by atoms with Crippen LogP contribution in [-0.2, 0) is 11.3 Å². The van der Waals surface area contributed by atoms with E-state index in [0.29, 0.717) is 25.9 Å². The molecule has 2 heterocycles. The molecular formula is C26H17Cl2N3O2S. The Morgan fingerprint density at radius 1 is 0.941 bits per heavy atom. The van der Waals surface area contributed by atoms with E-state index in [0.717, 1.165) is 22.3 Å². The van der Waals surface area contributed by atoms with Gasteiger partial charge in [-0.3, -0.25) is 14.2 Å². The standard InChI is InChI=1S/C26H17Cl2N3O2S/c27-19-10-11-21(28)22(12-19)30-23(32)13-31-15-29-25-24(26(31)33)20(14-34-25)18-8-6-17(7-9-18)16-4-2-1-3-5-16/h1-12,14-15H,13H2,(H,30,32). The van der Waals surface area contributed by atoms with E-state index in [1.54, 1.807) is 18.2 Å². The summed E-state index contributed by atoms with van der Waals surface area (Å²) in [5.41, 5.74) is 4.04. The topological polar surface area (TPSA) is 64.0 Å². The Morgan fingerprint density at radius 3 is 2.41 bits per heavy atom. The molecule has 0 fully saturated rings. The van der Waals surface area contributed by atoms with Crippen LogP contribution >= 0.6 is 34.5 Å². The molecule has 168 valence electrons. The summed E-state index contributed by atoms with van der Waals surface area (Å²) in [6, 6.07) is 22.9. The largest absolute Gasteiger partial charge is 0.323 e. The van der Waals surface area contributed by atoms with Gasteiger partial charge < -0.3 is 5.32 Å². The van der Waals surface area contributed by atoms with Crippen molar-refractivity contribution in [2.24, 2.45) is 0 Å². The molecule has 0 aliphatic heterocycles. The zero-order chi connectivity index (χ0) is 23.7. The highest BCUT2D eigenvalue weighted by atomic mass is 35.5. The monoisotopic (exact) mass is 505 g/mol. The molecule has 0 atom stereocenters. The van der Waals surface area contributed by atoms with Crippen molar-refractivity contribution in [2.75, 3.05) is 5.32 Å². The third-order valence-electron chi connectivity index (χ3n) is 5.38. The van der Waals surface area contributed by atoms with E-state index >= 15 is 0 Å². The van der Waals surface area contributed by atoms with Crippen molar-refractivity contribution < 1.29 is 4.79 Å². The SMILES string of the molecule is O=C(Cn1cnc2scc(-c3ccc(-c4ccccc4)cc3)c2c1=O)Nc1cc(Cl)ccc1Cl. The maximum absolute atomic E-state index is 13.3. The van der Waals surface area contributed by atoms with Gasteiger partial charge in [-0.05, 0) is 34.9 Å². The molecule has 1 amide bonds. The van der Waals surface area contributed by atoms with Gasteiger partial charge >= 0.3 is 0 Å². The number of rotatable bonds is 5. The van der Waals surface area contributed by atoms with Crippen molar-refractivity contribution in [3.05, 3.63) is 105 Å². The van der Waals surface area contributed by atoms with Crippen LogP contribution in [0.5, 0.6) is 0 Å². The normalized spacial score (nSPS) is 11.0. The van der Waals surface area contributed by atoms with Gasteiger partial charge in [0.15, 0.2) is 0 Å². The number of hydrogen-bond acceptors (Lipinski definition) is 4. The Bertz CT molecular complexity index is 1560. The Hall–Kier alpha value is -3.45. The number of amides is 1. The van der Waals surface area contributed by atoms with E-state index < -0.39 is 5.91 Å². The number of benzene rings is 3. The maximum Gasteiger partial charge on any atom is 0.263 e. The quantitative estimate of drug-likeness (QED) is 0.287. The van der Waals surface area contributed by atoms with Crippen molar-refractivity contribution in [3.63, 3.8) is 0 Å². The zero-order valence-corrected chi connectivity index (χ0v) is 20.0. The van der Waals surface area contributed by atoms with E-state index in [-0.39, 0.29) is 12.1 Å². The van der Waals surface area contributed by atoms with Crippen molar-refractivity contribution in [3.8, 4) is 22.3 Å². The van der Waals surface area contributed by atoms with Crippen molar-refractivity contribution in [1.82, 2.24) is 9.55 Å². The molecule has 0 unspecified atom stereocenters. The molecule has 0 bridgehead atoms. The second-order valence-electron chi connectivity index (χ2n) is 7.62. The average Bonchev–Trinajstić information content (AvgIpc) is 3.29. The van der Waals surface area contributed by atoms with Gasteiger partial charge in [-0.2, -0.15) is 0 Å². The Kier molecular flexibility index (Phi) is 6.20. The van der Waals surface area contributed by atoms with Crippen LogP contribution in [0.15, 0.2) is 89.3 Å². The van der Waals surface area contributed by atoms with E-state index in [2.05, 4.69) is 22.4 Å². The lowest BCUT2D eigenvalue weighted by molar-refractivity contribution is -0.116. The van der Waals surface area contributed by atoms with Gasteiger partial charge in [0, 0.05) is 16.0 Å². The fraction of sp³-hybridized carbons (Fsp3) is 0.0385. The lowest BCUT2D eigenvalue weighted by Crippen LogP contribution is -2.27. The van der Waals surface area contributed by atoms with Crippen molar-refractivity contribution in [2.45, 2.75) is 6.54 Å². The van der Waals surface area contributed by atoms with Crippen LogP contribution in [0.25, 0.3) is 32.5 Å². The summed E-state index contributed by atoms with van der Waals surface area (Å²) in [6.07, 6.45) is 1.39. The number of aromatic nitrogens is 2. The molecule has 3 aromatic carbocycles. The van der Waals surface area contributed by atoms with Crippen LogP contribution < -0.4 is 10.9 Å². The third kappa shape index (κ3) is 4.48. The first kappa shape index (κ1) is 22.3. The molecular weight excluding hydrogens is 489 g/mol. The summed E-state index contributed by atoms with van der Waals surface area (Å²) in [5.74, 6) is -0.406. The van der Waals surface area contributed by atoms with Gasteiger partial charge in [0.25, 0.3) is 5.56 Å². The second kappa shape index (κ2) is 9.43. The summed E-state index contributed by atoms with van der Waals surface area (Å²) >= 11 is 13.5. The number of halogens is 2. The second-order valence-corrected chi connectivity index (χ2v) is 9.32. The molecule has 0 radical (unpaired) electrons. The summed E-state index contributed by atoms with van der Waals surface area (Å²) in [7, 11) is 0. The lowest BCUT2D eigenvalue weighted by Gasteiger charge is -2.09. The first-order valence-corrected chi connectivity index (χ1v) is 12.0. The predicted molar refractivity (Wildman–Crippen MR) is 140 cm³/mol. The third-order valence-corrected chi connectivity index (χ3v) is 6.83. The Labute approximate surface area is 209 Å². The minimum Gasteiger partial charge on any atom is -0.323 e. The molecule has 34 heavy (non-hydrogen) atoms. The van der Waals surface area contributed by atoms with Gasteiger partial charge in [-0.1, -0.05) is 77.8 Å². The molecule has 0 saturated heterocycles. The zero-order valence-electron chi connectivity index (χ0n) is 17.7. The van der Waals surface area contributed by atoms with E-state index in [1.807, 2.05) is 47.8 Å². The van der Waals surface area contributed by atoms with Crippen LogP contribution in [0.2, 0.25) is 10.0 Å². The van der Waals surface area contributed by atoms with E-state index in [9.17, 15) is 9.59 Å². The first-order valence-electron chi connectivity index (χ1n) is 10.4. The highest BCUT2D eigenvalue weighted by Gasteiger charge is 2.15. The summed E-state index contributed by atoms with van der Waals surface area (Å²) in [5, 5.41) is 5.92. The molecule has 0 aliphatic carbocycles.